The SMILES string of the molecule is c1ccc(N(c2cccc(-n3c4cccc5c4c4c6c(ccc7oc8cccc-5c8c76)ccc43)c2)c2ccc3c(ccc4ccccc43)c2)cc1. The maximum absolute atomic E-state index is 6.47. The molecular formula is C48H28N2O. The van der Waals surface area contributed by atoms with Crippen molar-refractivity contribution >= 4 is 93.1 Å². The molecule has 2 heterocycles. The molecule has 3 heteroatoms. The van der Waals surface area contributed by atoms with E-state index in [1.165, 1.54) is 76.0 Å². The predicted molar refractivity (Wildman–Crippen MR) is 214 cm³/mol. The van der Waals surface area contributed by atoms with Crippen LogP contribution in [-0.4, -0.2) is 4.57 Å². The average molecular weight is 649 g/mol. The summed E-state index contributed by atoms with van der Waals surface area (Å²) in [6.45, 7) is 0. The number of hydrogen-bond acceptors (Lipinski definition) is 2. The van der Waals surface area contributed by atoms with E-state index in [-0.39, 0.29) is 0 Å². The second-order valence-electron chi connectivity index (χ2n) is 13.7. The third-order valence-electron chi connectivity index (χ3n) is 11.0. The number of furan rings is 1. The summed E-state index contributed by atoms with van der Waals surface area (Å²) >= 11 is 0. The quantitative estimate of drug-likeness (QED) is 0.177. The smallest absolute Gasteiger partial charge is 0.136 e. The van der Waals surface area contributed by atoms with Gasteiger partial charge in [-0.2, -0.15) is 0 Å². The van der Waals surface area contributed by atoms with Crippen LogP contribution >= 0.6 is 0 Å². The number of aromatic nitrogens is 1. The van der Waals surface area contributed by atoms with E-state index in [1.807, 2.05) is 0 Å². The number of anilines is 3. The molecule has 0 aliphatic heterocycles. The van der Waals surface area contributed by atoms with Crippen molar-refractivity contribution in [1.82, 2.24) is 4.57 Å². The minimum absolute atomic E-state index is 0.940. The third kappa shape index (κ3) is 3.62. The van der Waals surface area contributed by atoms with Gasteiger partial charge in [-0.25, -0.2) is 0 Å². The van der Waals surface area contributed by atoms with Gasteiger partial charge in [0.1, 0.15) is 11.2 Å². The maximum atomic E-state index is 6.47. The van der Waals surface area contributed by atoms with Crippen LogP contribution in [0.3, 0.4) is 0 Å². The van der Waals surface area contributed by atoms with Gasteiger partial charge in [0.2, 0.25) is 0 Å². The lowest BCUT2D eigenvalue weighted by atomic mass is 9.98. The van der Waals surface area contributed by atoms with Gasteiger partial charge in [0.05, 0.1) is 11.0 Å². The fourth-order valence-electron chi connectivity index (χ4n) is 8.93. The van der Waals surface area contributed by atoms with E-state index in [0.29, 0.717) is 0 Å². The van der Waals surface area contributed by atoms with Crippen LogP contribution < -0.4 is 4.90 Å². The number of para-hydroxylation sites is 1. The molecule has 1 aliphatic rings. The highest BCUT2D eigenvalue weighted by molar-refractivity contribution is 6.37. The number of hydrogen-bond donors (Lipinski definition) is 0. The van der Waals surface area contributed by atoms with Gasteiger partial charge >= 0.3 is 0 Å². The van der Waals surface area contributed by atoms with E-state index in [0.717, 1.165) is 33.9 Å². The normalized spacial score (nSPS) is 12.3. The summed E-state index contributed by atoms with van der Waals surface area (Å²) in [6.07, 6.45) is 0. The monoisotopic (exact) mass is 648 g/mol. The fourth-order valence-corrected chi connectivity index (χ4v) is 8.93. The van der Waals surface area contributed by atoms with Gasteiger partial charge in [-0.15, -0.1) is 0 Å². The average Bonchev–Trinajstić information content (AvgIpc) is 3.70. The van der Waals surface area contributed by atoms with Crippen molar-refractivity contribution < 1.29 is 4.42 Å². The molecule has 0 radical (unpaired) electrons. The Morgan fingerprint density at radius 1 is 0.373 bits per heavy atom. The van der Waals surface area contributed by atoms with Gasteiger partial charge in [-0.1, -0.05) is 103 Å². The lowest BCUT2D eigenvalue weighted by Crippen LogP contribution is -2.10. The molecule has 0 amide bonds. The molecular weight excluding hydrogens is 621 g/mol. The molecule has 0 atom stereocenters. The first-order valence-electron chi connectivity index (χ1n) is 17.5. The Morgan fingerprint density at radius 2 is 1.06 bits per heavy atom. The number of benzene rings is 9. The van der Waals surface area contributed by atoms with Crippen molar-refractivity contribution in [2.24, 2.45) is 0 Å². The topological polar surface area (TPSA) is 21.3 Å². The van der Waals surface area contributed by atoms with E-state index in [2.05, 4.69) is 179 Å². The van der Waals surface area contributed by atoms with Crippen LogP contribution in [0.5, 0.6) is 0 Å². The van der Waals surface area contributed by atoms with Gasteiger partial charge in [0, 0.05) is 49.7 Å². The Hall–Kier alpha value is -6.84. The fraction of sp³-hybridized carbons (Fsp3) is 0. The Bertz CT molecular complexity index is 3260. The molecule has 0 fully saturated rings. The molecule has 0 unspecified atom stereocenters. The molecule has 0 spiro atoms. The molecule has 0 N–H and O–H groups in total. The van der Waals surface area contributed by atoms with Gasteiger partial charge in [0.15, 0.2) is 0 Å². The Kier molecular flexibility index (Phi) is 5.23. The largest absolute Gasteiger partial charge is 0.456 e. The molecule has 3 nitrogen and oxygen atoms in total. The maximum Gasteiger partial charge on any atom is 0.136 e. The Labute approximate surface area is 292 Å². The van der Waals surface area contributed by atoms with E-state index in [4.69, 9.17) is 4.42 Å². The summed E-state index contributed by atoms with van der Waals surface area (Å²) in [6, 6.07) is 61.8. The standard InChI is InChI=1S/C48H28N2O/c1-2-10-32(11-3-1)49(35-23-24-37-31(27-35)20-19-29-9-4-5-14-36(29)37)33-12-6-13-34(28-33)50-40-17-7-15-38-39-16-8-18-42-46(39)48-43(51-42)26-22-30-21-25-41(50)47(44(30)48)45(38)40/h1-28H. The number of fused-ring (bicyclic) bond motifs is 4. The molecule has 0 saturated carbocycles. The van der Waals surface area contributed by atoms with Gasteiger partial charge in [-0.05, 0) is 105 Å². The van der Waals surface area contributed by atoms with E-state index >= 15 is 0 Å². The second-order valence-corrected chi connectivity index (χ2v) is 13.7. The summed E-state index contributed by atoms with van der Waals surface area (Å²) < 4.78 is 8.92. The Balaban J connectivity index is 1.12. The van der Waals surface area contributed by atoms with Crippen molar-refractivity contribution in [3.63, 3.8) is 0 Å². The minimum Gasteiger partial charge on any atom is -0.456 e. The molecule has 0 saturated heterocycles. The summed E-state index contributed by atoms with van der Waals surface area (Å²) in [4.78, 5) is 2.37. The second kappa shape index (κ2) is 9.87. The van der Waals surface area contributed by atoms with Crippen LogP contribution in [0.4, 0.5) is 17.1 Å². The zero-order chi connectivity index (χ0) is 33.2. The molecule has 51 heavy (non-hydrogen) atoms. The zero-order valence-corrected chi connectivity index (χ0v) is 27.5. The molecule has 12 rings (SSSR count). The van der Waals surface area contributed by atoms with Crippen molar-refractivity contribution in [1.29, 1.82) is 0 Å². The van der Waals surface area contributed by atoms with Gasteiger partial charge < -0.3 is 13.9 Å². The molecule has 9 aromatic carbocycles. The van der Waals surface area contributed by atoms with Gasteiger partial charge in [-0.3, -0.25) is 0 Å². The zero-order valence-electron chi connectivity index (χ0n) is 27.5. The lowest BCUT2D eigenvalue weighted by molar-refractivity contribution is 0.669. The summed E-state index contributed by atoms with van der Waals surface area (Å²) in [5.41, 5.74) is 11.2. The van der Waals surface area contributed by atoms with Crippen molar-refractivity contribution in [3.8, 4) is 16.8 Å². The van der Waals surface area contributed by atoms with Crippen LogP contribution in [0, 0.1) is 0 Å². The van der Waals surface area contributed by atoms with E-state index in [9.17, 15) is 0 Å². The molecule has 0 bridgehead atoms. The summed E-state index contributed by atoms with van der Waals surface area (Å²) in [7, 11) is 0. The highest BCUT2D eigenvalue weighted by atomic mass is 16.3. The van der Waals surface area contributed by atoms with Crippen molar-refractivity contribution in [3.05, 3.63) is 170 Å². The molecule has 11 aromatic rings. The highest BCUT2D eigenvalue weighted by Crippen LogP contribution is 2.51. The predicted octanol–water partition coefficient (Wildman–Crippen LogP) is 13.6. The van der Waals surface area contributed by atoms with Gasteiger partial charge in [0.25, 0.3) is 0 Å². The minimum atomic E-state index is 0.940. The number of nitrogens with zero attached hydrogens (tertiary/aromatic N) is 2. The summed E-state index contributed by atoms with van der Waals surface area (Å²) in [5.74, 6) is 0. The molecule has 236 valence electrons. The van der Waals surface area contributed by atoms with E-state index < -0.39 is 0 Å². The van der Waals surface area contributed by atoms with Crippen LogP contribution in [0.2, 0.25) is 0 Å². The van der Waals surface area contributed by atoms with Crippen LogP contribution in [0.25, 0.3) is 92.9 Å². The first-order chi connectivity index (χ1) is 25.3. The first-order valence-corrected chi connectivity index (χ1v) is 17.5. The highest BCUT2D eigenvalue weighted by Gasteiger charge is 2.26. The molecule has 2 aromatic heterocycles. The molecule has 1 aliphatic carbocycles. The third-order valence-corrected chi connectivity index (χ3v) is 11.0. The van der Waals surface area contributed by atoms with Crippen LogP contribution in [0.1, 0.15) is 0 Å². The first kappa shape index (κ1) is 27.0. The van der Waals surface area contributed by atoms with Crippen LogP contribution in [-0.2, 0) is 0 Å². The van der Waals surface area contributed by atoms with Crippen LogP contribution in [0.15, 0.2) is 174 Å². The summed E-state index contributed by atoms with van der Waals surface area (Å²) in [5, 5.41) is 12.5. The van der Waals surface area contributed by atoms with Crippen molar-refractivity contribution in [2.45, 2.75) is 0 Å². The van der Waals surface area contributed by atoms with E-state index in [1.54, 1.807) is 0 Å². The van der Waals surface area contributed by atoms with Crippen molar-refractivity contribution in [2.75, 3.05) is 4.90 Å². The lowest BCUT2D eigenvalue weighted by Gasteiger charge is -2.26. The Morgan fingerprint density at radius 3 is 2.00 bits per heavy atom. The number of rotatable bonds is 4.